The number of benzene rings is 2. The molecule has 5 nitrogen and oxygen atoms in total. The molecule has 3 aromatic rings. The van der Waals surface area contributed by atoms with Crippen LogP contribution in [0.4, 0.5) is 5.69 Å². The summed E-state index contributed by atoms with van der Waals surface area (Å²) in [4.78, 5) is 12.8. The Balaban J connectivity index is 1.83. The summed E-state index contributed by atoms with van der Waals surface area (Å²) in [5, 5.41) is 2.76. The Hall–Kier alpha value is -2.86. The van der Waals surface area contributed by atoms with E-state index in [1.165, 1.54) is 24.5 Å². The first-order valence-corrected chi connectivity index (χ1v) is 9.74. The van der Waals surface area contributed by atoms with Gasteiger partial charge in [-0.25, -0.2) is 8.42 Å². The van der Waals surface area contributed by atoms with Gasteiger partial charge in [0, 0.05) is 11.3 Å². The van der Waals surface area contributed by atoms with E-state index in [4.69, 9.17) is 4.42 Å². The van der Waals surface area contributed by atoms with Gasteiger partial charge in [0.1, 0.15) is 0 Å². The zero-order chi connectivity index (χ0) is 18.7. The maximum Gasteiger partial charge on any atom is 0.291 e. The minimum Gasteiger partial charge on any atom is -0.459 e. The van der Waals surface area contributed by atoms with E-state index in [2.05, 4.69) is 5.32 Å². The molecular weight excluding hydrogens is 350 g/mol. The lowest BCUT2D eigenvalue weighted by Crippen LogP contribution is -2.15. The van der Waals surface area contributed by atoms with E-state index < -0.39 is 15.7 Å². The van der Waals surface area contributed by atoms with E-state index >= 15 is 0 Å². The van der Waals surface area contributed by atoms with Crippen LogP contribution >= 0.6 is 0 Å². The molecule has 0 spiro atoms. The summed E-state index contributed by atoms with van der Waals surface area (Å²) < 4.78 is 30.4. The van der Waals surface area contributed by atoms with E-state index in [9.17, 15) is 13.2 Å². The van der Waals surface area contributed by atoms with Gasteiger partial charge < -0.3 is 9.73 Å². The Bertz CT molecular complexity index is 1020. The summed E-state index contributed by atoms with van der Waals surface area (Å²) in [5.74, 6) is -0.773. The van der Waals surface area contributed by atoms with Crippen LogP contribution in [0.2, 0.25) is 0 Å². The lowest BCUT2D eigenvalue weighted by molar-refractivity contribution is 0.0996. The standard InChI is InChI=1S/C20H19NO4S/c1-14-10-15(2)12-17(11-14)21-20(22)19-16(8-9-25-19)13-26(23,24)18-6-4-3-5-7-18/h3-12H,13H2,1-2H3,(H,21,22). The fraction of sp³-hybridized carbons (Fsp3) is 0.150. The molecule has 0 aliphatic rings. The van der Waals surface area contributed by atoms with Crippen molar-refractivity contribution in [1.29, 1.82) is 0 Å². The van der Waals surface area contributed by atoms with Gasteiger partial charge in [0.2, 0.25) is 0 Å². The molecule has 0 aliphatic carbocycles. The number of hydrogen-bond acceptors (Lipinski definition) is 4. The average molecular weight is 369 g/mol. The molecule has 1 heterocycles. The Morgan fingerprint density at radius 3 is 2.31 bits per heavy atom. The van der Waals surface area contributed by atoms with E-state index in [1.807, 2.05) is 32.0 Å². The monoisotopic (exact) mass is 369 g/mol. The number of rotatable bonds is 5. The summed E-state index contributed by atoms with van der Waals surface area (Å²) >= 11 is 0. The van der Waals surface area contributed by atoms with Gasteiger partial charge in [0.05, 0.1) is 16.9 Å². The minimum atomic E-state index is -3.57. The summed E-state index contributed by atoms with van der Waals surface area (Å²) in [5.41, 5.74) is 3.01. The molecular formula is C20H19NO4S. The number of amides is 1. The Morgan fingerprint density at radius 2 is 1.65 bits per heavy atom. The maximum absolute atomic E-state index is 12.5. The van der Waals surface area contributed by atoms with Crippen molar-refractivity contribution in [2.24, 2.45) is 0 Å². The first-order valence-electron chi connectivity index (χ1n) is 8.09. The van der Waals surface area contributed by atoms with E-state index in [0.717, 1.165) is 11.1 Å². The van der Waals surface area contributed by atoms with E-state index in [1.54, 1.807) is 18.2 Å². The van der Waals surface area contributed by atoms with Gasteiger partial charge in [-0.3, -0.25) is 4.79 Å². The lowest BCUT2D eigenvalue weighted by atomic mass is 10.1. The molecule has 6 heteroatoms. The third-order valence-corrected chi connectivity index (χ3v) is 5.56. The van der Waals surface area contributed by atoms with Gasteiger partial charge >= 0.3 is 0 Å². The SMILES string of the molecule is Cc1cc(C)cc(NC(=O)c2occc2CS(=O)(=O)c2ccccc2)c1. The number of sulfone groups is 1. The van der Waals surface area contributed by atoms with Crippen LogP contribution in [-0.2, 0) is 15.6 Å². The number of aryl methyl sites for hydroxylation is 2. The van der Waals surface area contributed by atoms with Crippen molar-refractivity contribution >= 4 is 21.4 Å². The van der Waals surface area contributed by atoms with Gasteiger partial charge in [0.25, 0.3) is 5.91 Å². The third kappa shape index (κ3) is 4.03. The van der Waals surface area contributed by atoms with Gasteiger partial charge in [-0.05, 0) is 55.3 Å². The summed E-state index contributed by atoms with van der Waals surface area (Å²) in [6, 6.07) is 15.3. The number of furan rings is 1. The molecule has 0 atom stereocenters. The Kier molecular flexibility index (Phi) is 4.95. The van der Waals surface area contributed by atoms with Crippen LogP contribution in [0.15, 0.2) is 70.2 Å². The smallest absolute Gasteiger partial charge is 0.291 e. The summed E-state index contributed by atoms with van der Waals surface area (Å²) in [6.45, 7) is 3.88. The molecule has 2 aromatic carbocycles. The number of anilines is 1. The van der Waals surface area contributed by atoms with Crippen LogP contribution in [0.1, 0.15) is 27.2 Å². The van der Waals surface area contributed by atoms with Crippen LogP contribution < -0.4 is 5.32 Å². The number of carbonyl (C=O) groups excluding carboxylic acids is 1. The zero-order valence-corrected chi connectivity index (χ0v) is 15.3. The molecule has 0 saturated heterocycles. The molecule has 134 valence electrons. The highest BCUT2D eigenvalue weighted by Gasteiger charge is 2.22. The first kappa shape index (κ1) is 17.9. The predicted molar refractivity (Wildman–Crippen MR) is 99.9 cm³/mol. The van der Waals surface area contributed by atoms with Crippen LogP contribution in [0, 0.1) is 13.8 Å². The van der Waals surface area contributed by atoms with Crippen molar-refractivity contribution in [1.82, 2.24) is 0 Å². The molecule has 0 saturated carbocycles. The molecule has 0 bridgehead atoms. The molecule has 1 N–H and O–H groups in total. The largest absolute Gasteiger partial charge is 0.459 e. The Labute approximate surface area is 152 Å². The van der Waals surface area contributed by atoms with Crippen LogP contribution in [-0.4, -0.2) is 14.3 Å². The number of nitrogens with one attached hydrogen (secondary N) is 1. The predicted octanol–water partition coefficient (Wildman–Crippen LogP) is 4.12. The molecule has 26 heavy (non-hydrogen) atoms. The fourth-order valence-corrected chi connectivity index (χ4v) is 4.17. The van der Waals surface area contributed by atoms with Gasteiger partial charge in [0.15, 0.2) is 15.6 Å². The second kappa shape index (κ2) is 7.17. The second-order valence-corrected chi connectivity index (χ2v) is 8.17. The average Bonchev–Trinajstić information content (AvgIpc) is 3.02. The van der Waals surface area contributed by atoms with Gasteiger partial charge in [-0.1, -0.05) is 24.3 Å². The molecule has 0 aliphatic heterocycles. The zero-order valence-electron chi connectivity index (χ0n) is 14.5. The van der Waals surface area contributed by atoms with Crippen LogP contribution in [0.3, 0.4) is 0 Å². The maximum atomic E-state index is 12.5. The Morgan fingerprint density at radius 1 is 1.00 bits per heavy atom. The third-order valence-electron chi connectivity index (χ3n) is 3.88. The van der Waals surface area contributed by atoms with Crippen molar-refractivity contribution in [3.05, 3.63) is 83.3 Å². The highest BCUT2D eigenvalue weighted by Crippen LogP contribution is 2.21. The first-order chi connectivity index (χ1) is 12.3. The molecule has 3 rings (SSSR count). The summed E-state index contributed by atoms with van der Waals surface area (Å²) in [7, 11) is -3.57. The molecule has 1 amide bonds. The van der Waals surface area contributed by atoms with Gasteiger partial charge in [-0.15, -0.1) is 0 Å². The highest BCUT2D eigenvalue weighted by molar-refractivity contribution is 7.90. The topological polar surface area (TPSA) is 76.4 Å². The van der Waals surface area contributed by atoms with Crippen molar-refractivity contribution in [3.63, 3.8) is 0 Å². The molecule has 0 radical (unpaired) electrons. The molecule has 0 unspecified atom stereocenters. The molecule has 0 fully saturated rings. The van der Waals surface area contributed by atoms with Crippen molar-refractivity contribution in [3.8, 4) is 0 Å². The lowest BCUT2D eigenvalue weighted by Gasteiger charge is -2.08. The van der Waals surface area contributed by atoms with Crippen LogP contribution in [0.25, 0.3) is 0 Å². The van der Waals surface area contributed by atoms with E-state index in [-0.39, 0.29) is 16.4 Å². The molecule has 1 aromatic heterocycles. The van der Waals surface area contributed by atoms with Crippen molar-refractivity contribution in [2.45, 2.75) is 24.5 Å². The quantitative estimate of drug-likeness (QED) is 0.734. The fourth-order valence-electron chi connectivity index (χ4n) is 2.80. The van der Waals surface area contributed by atoms with Crippen molar-refractivity contribution < 1.29 is 17.6 Å². The number of hydrogen-bond donors (Lipinski definition) is 1. The van der Waals surface area contributed by atoms with Gasteiger partial charge in [-0.2, -0.15) is 0 Å². The van der Waals surface area contributed by atoms with Crippen LogP contribution in [0.5, 0.6) is 0 Å². The highest BCUT2D eigenvalue weighted by atomic mass is 32.2. The van der Waals surface area contributed by atoms with E-state index in [0.29, 0.717) is 11.3 Å². The van der Waals surface area contributed by atoms with Crippen molar-refractivity contribution in [2.75, 3.05) is 5.32 Å². The minimum absolute atomic E-state index is 0.00339. The second-order valence-electron chi connectivity index (χ2n) is 6.18. The number of carbonyl (C=O) groups is 1. The summed E-state index contributed by atoms with van der Waals surface area (Å²) in [6.07, 6.45) is 1.33. The normalized spacial score (nSPS) is 11.3.